The van der Waals surface area contributed by atoms with Crippen LogP contribution in [0.1, 0.15) is 77.7 Å². The maximum absolute atomic E-state index is 13.7. The van der Waals surface area contributed by atoms with Gasteiger partial charge in [0.2, 0.25) is 5.95 Å². The molecule has 0 unspecified atom stereocenters. The average Bonchev–Trinajstić information content (AvgIpc) is 2.67. The summed E-state index contributed by atoms with van der Waals surface area (Å²) >= 11 is 0. The Morgan fingerprint density at radius 2 is 1.75 bits per heavy atom. The highest BCUT2D eigenvalue weighted by molar-refractivity contribution is 5.51. The Kier molecular flexibility index (Phi) is 8.20. The molecule has 0 radical (unpaired) electrons. The molecule has 0 fully saturated rings. The highest BCUT2D eigenvalue weighted by Gasteiger charge is 2.26. The zero-order valence-corrected chi connectivity index (χ0v) is 17.3. The minimum absolute atomic E-state index is 0.201. The second-order valence-corrected chi connectivity index (χ2v) is 7.31. The molecule has 2 rings (SSSR count). The maximum atomic E-state index is 13.7. The van der Waals surface area contributed by atoms with Gasteiger partial charge in [0.15, 0.2) is 5.82 Å². The minimum Gasteiger partial charge on any atom is -0.352 e. The van der Waals surface area contributed by atoms with E-state index in [4.69, 9.17) is 0 Å². The van der Waals surface area contributed by atoms with E-state index in [1.807, 2.05) is 6.92 Å². The molecule has 7 heteroatoms. The fraction of sp³-hybridized carbons (Fsp3) is 0.619. The van der Waals surface area contributed by atoms with Gasteiger partial charge < -0.3 is 5.32 Å². The van der Waals surface area contributed by atoms with Crippen LogP contribution in [0.4, 0.5) is 14.7 Å². The van der Waals surface area contributed by atoms with Gasteiger partial charge in [-0.2, -0.15) is 18.7 Å². The van der Waals surface area contributed by atoms with Crippen molar-refractivity contribution in [2.75, 3.05) is 5.32 Å². The van der Waals surface area contributed by atoms with Gasteiger partial charge in [-0.25, -0.2) is 9.97 Å². The number of hydrogen-bond donors (Lipinski definition) is 1. The molecule has 0 saturated carbocycles. The summed E-state index contributed by atoms with van der Waals surface area (Å²) in [5.74, 6) is -1.54. The first-order valence-corrected chi connectivity index (χ1v) is 10.2. The van der Waals surface area contributed by atoms with Crippen LogP contribution in [0.25, 0.3) is 11.5 Å². The zero-order valence-electron chi connectivity index (χ0n) is 17.3. The number of nitrogens with one attached hydrogen (secondary N) is 1. The van der Waals surface area contributed by atoms with Gasteiger partial charge in [0.05, 0.1) is 0 Å². The van der Waals surface area contributed by atoms with Crippen molar-refractivity contribution in [2.24, 2.45) is 0 Å². The molecule has 0 aromatic carbocycles. The lowest BCUT2D eigenvalue weighted by molar-refractivity contribution is 0.0129. The summed E-state index contributed by atoms with van der Waals surface area (Å²) in [6.45, 7) is 7.14. The Morgan fingerprint density at radius 3 is 2.43 bits per heavy atom. The van der Waals surface area contributed by atoms with Crippen LogP contribution in [0.3, 0.4) is 0 Å². The van der Waals surface area contributed by atoms with Gasteiger partial charge in [-0.15, -0.1) is 0 Å². The van der Waals surface area contributed by atoms with E-state index in [2.05, 4.69) is 39.1 Å². The van der Waals surface area contributed by atoms with Crippen molar-refractivity contribution in [3.8, 4) is 11.5 Å². The Bertz CT molecular complexity index is 746. The standard InChI is InChI=1S/C21H31F2N5/c1-5-7-8-9-10-14-18-26-19(28-20(27-18)24-15(3)6-2)16-12-11-13-17(25-16)21(4,22)23/h11-13,15H,5-10,14H2,1-4H3,(H,24,26,27,28)/t15-/m1/s1. The number of hydrogen-bond acceptors (Lipinski definition) is 5. The van der Waals surface area contributed by atoms with Crippen LogP contribution >= 0.6 is 0 Å². The van der Waals surface area contributed by atoms with Gasteiger partial charge in [0.1, 0.15) is 17.2 Å². The second kappa shape index (κ2) is 10.4. The number of nitrogens with zero attached hydrogens (tertiary/aromatic N) is 4. The SMILES string of the molecule is CCCCCCCc1nc(N[C@H](C)CC)nc(-c2cccc(C(C)(F)F)n2)n1. The van der Waals surface area contributed by atoms with E-state index in [1.165, 1.54) is 25.3 Å². The van der Waals surface area contributed by atoms with Crippen molar-refractivity contribution in [3.05, 3.63) is 29.7 Å². The van der Waals surface area contributed by atoms with Crippen LogP contribution in [0, 0.1) is 0 Å². The van der Waals surface area contributed by atoms with Crippen LogP contribution in [-0.2, 0) is 12.3 Å². The van der Waals surface area contributed by atoms with Gasteiger partial charge in [0.25, 0.3) is 5.92 Å². The molecule has 0 aliphatic carbocycles. The summed E-state index contributed by atoms with van der Waals surface area (Å²) in [6.07, 6.45) is 7.39. The molecule has 1 atom stereocenters. The van der Waals surface area contributed by atoms with Gasteiger partial charge >= 0.3 is 0 Å². The molecule has 2 aromatic heterocycles. The molecule has 2 aromatic rings. The second-order valence-electron chi connectivity index (χ2n) is 7.31. The largest absolute Gasteiger partial charge is 0.352 e. The summed E-state index contributed by atoms with van der Waals surface area (Å²) < 4.78 is 27.3. The number of pyridine rings is 1. The normalized spacial score (nSPS) is 12.8. The molecule has 0 aliphatic rings. The van der Waals surface area contributed by atoms with E-state index in [-0.39, 0.29) is 11.7 Å². The van der Waals surface area contributed by atoms with Crippen molar-refractivity contribution in [3.63, 3.8) is 0 Å². The predicted molar refractivity (Wildman–Crippen MR) is 108 cm³/mol. The van der Waals surface area contributed by atoms with Gasteiger partial charge in [-0.05, 0) is 31.9 Å². The third-order valence-corrected chi connectivity index (χ3v) is 4.60. The lowest BCUT2D eigenvalue weighted by Crippen LogP contribution is -2.17. The van der Waals surface area contributed by atoms with E-state index < -0.39 is 5.92 Å². The van der Waals surface area contributed by atoms with Crippen LogP contribution in [-0.4, -0.2) is 26.0 Å². The third-order valence-electron chi connectivity index (χ3n) is 4.60. The Morgan fingerprint density at radius 1 is 1.00 bits per heavy atom. The zero-order chi connectivity index (χ0) is 20.6. The highest BCUT2D eigenvalue weighted by Crippen LogP contribution is 2.27. The predicted octanol–water partition coefficient (Wildman–Crippen LogP) is 5.77. The maximum Gasteiger partial charge on any atom is 0.286 e. The van der Waals surface area contributed by atoms with Crippen molar-refractivity contribution in [1.82, 2.24) is 19.9 Å². The van der Waals surface area contributed by atoms with Crippen molar-refractivity contribution < 1.29 is 8.78 Å². The van der Waals surface area contributed by atoms with Crippen molar-refractivity contribution >= 4 is 5.95 Å². The Balaban J connectivity index is 2.29. The van der Waals surface area contributed by atoms with E-state index in [0.717, 1.165) is 32.6 Å². The van der Waals surface area contributed by atoms with Crippen molar-refractivity contribution in [2.45, 2.75) is 84.6 Å². The molecular formula is C21H31F2N5. The molecule has 0 spiro atoms. The molecule has 0 saturated heterocycles. The molecule has 1 N–H and O–H groups in total. The van der Waals surface area contributed by atoms with Gasteiger partial charge in [-0.3, -0.25) is 0 Å². The van der Waals surface area contributed by atoms with E-state index in [9.17, 15) is 8.78 Å². The van der Waals surface area contributed by atoms with Crippen molar-refractivity contribution in [1.29, 1.82) is 0 Å². The van der Waals surface area contributed by atoms with Gasteiger partial charge in [-0.1, -0.05) is 45.6 Å². The topological polar surface area (TPSA) is 63.6 Å². The molecule has 28 heavy (non-hydrogen) atoms. The number of halogens is 2. The first-order valence-electron chi connectivity index (χ1n) is 10.2. The van der Waals surface area contributed by atoms with Crippen LogP contribution in [0.2, 0.25) is 0 Å². The van der Waals surface area contributed by atoms with Crippen LogP contribution < -0.4 is 5.32 Å². The van der Waals surface area contributed by atoms with E-state index in [0.29, 0.717) is 23.3 Å². The molecule has 2 heterocycles. The van der Waals surface area contributed by atoms with Gasteiger partial charge in [0, 0.05) is 19.4 Å². The fourth-order valence-electron chi connectivity index (χ4n) is 2.72. The number of aryl methyl sites for hydroxylation is 1. The molecular weight excluding hydrogens is 360 g/mol. The van der Waals surface area contributed by atoms with Crippen LogP contribution in [0.15, 0.2) is 18.2 Å². The Labute approximate surface area is 166 Å². The number of aromatic nitrogens is 4. The number of alkyl halides is 2. The summed E-state index contributed by atoms with van der Waals surface area (Å²) in [5.41, 5.74) is 0.0452. The van der Waals surface area contributed by atoms with Crippen LogP contribution in [0.5, 0.6) is 0 Å². The minimum atomic E-state index is -3.01. The summed E-state index contributed by atoms with van der Waals surface area (Å²) in [7, 11) is 0. The number of anilines is 1. The first-order chi connectivity index (χ1) is 13.3. The van der Waals surface area contributed by atoms with E-state index in [1.54, 1.807) is 12.1 Å². The molecule has 0 aliphatic heterocycles. The monoisotopic (exact) mass is 391 g/mol. The fourth-order valence-corrected chi connectivity index (χ4v) is 2.72. The summed E-state index contributed by atoms with van der Waals surface area (Å²) in [4.78, 5) is 17.6. The first kappa shape index (κ1) is 22.1. The lowest BCUT2D eigenvalue weighted by Gasteiger charge is -2.14. The number of unbranched alkanes of at least 4 members (excludes halogenated alkanes) is 4. The molecule has 5 nitrogen and oxygen atoms in total. The smallest absolute Gasteiger partial charge is 0.286 e. The number of rotatable bonds is 11. The lowest BCUT2D eigenvalue weighted by atomic mass is 10.1. The third kappa shape index (κ3) is 6.77. The summed E-state index contributed by atoms with van der Waals surface area (Å²) in [6, 6.07) is 4.73. The molecule has 0 bridgehead atoms. The quantitative estimate of drug-likeness (QED) is 0.493. The molecule has 0 amide bonds. The highest BCUT2D eigenvalue weighted by atomic mass is 19.3. The average molecular weight is 392 g/mol. The summed E-state index contributed by atoms with van der Waals surface area (Å²) in [5, 5.41) is 3.26. The molecule has 154 valence electrons. The van der Waals surface area contributed by atoms with E-state index >= 15 is 0 Å². The Hall–Kier alpha value is -2.18.